The molecule has 0 bridgehead atoms. The van der Waals surface area contributed by atoms with Crippen LogP contribution in [0.15, 0.2) is 42.9 Å². The molecule has 0 spiro atoms. The molecule has 5 rings (SSSR count). The van der Waals surface area contributed by atoms with Crippen molar-refractivity contribution in [3.05, 3.63) is 65.4 Å². The summed E-state index contributed by atoms with van der Waals surface area (Å²) < 4.78 is 1.71. The van der Waals surface area contributed by atoms with E-state index in [0.29, 0.717) is 31.7 Å². The molecular formula is C24H26N6O2. The molecule has 8 nitrogen and oxygen atoms in total. The van der Waals surface area contributed by atoms with Crippen LogP contribution in [0.2, 0.25) is 0 Å². The Labute approximate surface area is 185 Å². The van der Waals surface area contributed by atoms with Gasteiger partial charge in [0.15, 0.2) is 0 Å². The molecule has 1 aliphatic rings. The summed E-state index contributed by atoms with van der Waals surface area (Å²) in [7, 11) is 0. The minimum absolute atomic E-state index is 0.0152. The molecule has 1 N–H and O–H groups in total. The summed E-state index contributed by atoms with van der Waals surface area (Å²) in [6.07, 6.45) is 4.46. The van der Waals surface area contributed by atoms with E-state index in [1.54, 1.807) is 9.42 Å². The lowest BCUT2D eigenvalue weighted by molar-refractivity contribution is -0.130. The van der Waals surface area contributed by atoms with Gasteiger partial charge in [0.25, 0.3) is 5.78 Å². The fourth-order valence-electron chi connectivity index (χ4n) is 4.78. The van der Waals surface area contributed by atoms with Crippen LogP contribution in [-0.4, -0.2) is 59.7 Å². The molecule has 1 aliphatic heterocycles. The third-order valence-electron chi connectivity index (χ3n) is 6.56. The third kappa shape index (κ3) is 3.71. The Morgan fingerprint density at radius 3 is 2.88 bits per heavy atom. The molecule has 0 aliphatic carbocycles. The van der Waals surface area contributed by atoms with Gasteiger partial charge in [0.1, 0.15) is 6.33 Å². The number of hydrogen-bond donors (Lipinski definition) is 1. The average Bonchev–Trinajstić information content (AvgIpc) is 3.40. The van der Waals surface area contributed by atoms with Crippen LogP contribution in [0.25, 0.3) is 16.7 Å². The van der Waals surface area contributed by atoms with E-state index in [1.807, 2.05) is 44.3 Å². The van der Waals surface area contributed by atoms with E-state index in [9.17, 15) is 9.90 Å². The van der Waals surface area contributed by atoms with E-state index < -0.39 is 6.10 Å². The summed E-state index contributed by atoms with van der Waals surface area (Å²) in [5.41, 5.74) is 4.97. The van der Waals surface area contributed by atoms with Crippen LogP contribution in [0.3, 0.4) is 0 Å². The minimum Gasteiger partial charge on any atom is -0.391 e. The first-order chi connectivity index (χ1) is 15.5. The van der Waals surface area contributed by atoms with E-state index in [-0.39, 0.29) is 11.8 Å². The summed E-state index contributed by atoms with van der Waals surface area (Å²) >= 11 is 0. The third-order valence-corrected chi connectivity index (χ3v) is 6.56. The molecule has 8 heteroatoms. The van der Waals surface area contributed by atoms with E-state index >= 15 is 0 Å². The fraction of sp³-hybridized carbons (Fsp3) is 0.375. The molecule has 2 atom stereocenters. The Kier molecular flexibility index (Phi) is 5.30. The average molecular weight is 431 g/mol. The smallest absolute Gasteiger partial charge is 0.252 e. The summed E-state index contributed by atoms with van der Waals surface area (Å²) in [4.78, 5) is 27.8. The van der Waals surface area contributed by atoms with Crippen molar-refractivity contribution >= 4 is 22.6 Å². The zero-order chi connectivity index (χ0) is 22.2. The van der Waals surface area contributed by atoms with E-state index in [0.717, 1.165) is 39.8 Å². The van der Waals surface area contributed by atoms with Gasteiger partial charge in [0.05, 0.1) is 11.6 Å². The molecule has 0 saturated carbocycles. The Hall–Kier alpha value is -3.39. The van der Waals surface area contributed by atoms with Gasteiger partial charge in [-0.15, -0.1) is 0 Å². The van der Waals surface area contributed by atoms with Crippen molar-refractivity contribution in [3.8, 4) is 0 Å². The first-order valence-corrected chi connectivity index (χ1v) is 11.0. The second kappa shape index (κ2) is 8.27. The van der Waals surface area contributed by atoms with E-state index in [1.165, 1.54) is 6.33 Å². The highest BCUT2D eigenvalue weighted by Crippen LogP contribution is 2.26. The van der Waals surface area contributed by atoms with Crippen LogP contribution >= 0.6 is 0 Å². The first-order valence-electron chi connectivity index (χ1n) is 11.0. The van der Waals surface area contributed by atoms with Gasteiger partial charge in [-0.25, -0.2) is 9.50 Å². The quantitative estimate of drug-likeness (QED) is 0.522. The highest BCUT2D eigenvalue weighted by Gasteiger charge is 2.34. The largest absolute Gasteiger partial charge is 0.391 e. The molecule has 4 aromatic rings. The standard InChI is InChI=1S/C24H26N6O2/c1-15-19(16(2)30-24(28-15)26-14-27-30)7-8-23(32)29-12-18(22(31)13-29)11-17-9-10-25-21-6-4-3-5-20(17)21/h3-6,9-10,14,18,22,31H,7-8,11-13H2,1-2H3/t18-,22+/m1/s1. The second-order valence-electron chi connectivity index (χ2n) is 8.55. The van der Waals surface area contributed by atoms with Crippen LogP contribution in [0.5, 0.6) is 0 Å². The van der Waals surface area contributed by atoms with E-state index in [2.05, 4.69) is 26.1 Å². The van der Waals surface area contributed by atoms with Gasteiger partial charge in [-0.2, -0.15) is 10.1 Å². The lowest BCUT2D eigenvalue weighted by Crippen LogP contribution is -2.30. The number of fused-ring (bicyclic) bond motifs is 2. The van der Waals surface area contributed by atoms with Crippen LogP contribution in [-0.2, 0) is 17.6 Å². The molecule has 164 valence electrons. The molecule has 0 radical (unpaired) electrons. The summed E-state index contributed by atoms with van der Waals surface area (Å²) in [5.74, 6) is 0.647. The van der Waals surface area contributed by atoms with Crippen LogP contribution in [0.1, 0.15) is 28.9 Å². The Bertz CT molecular complexity index is 1300. The number of carbonyl (C=O) groups excluding carboxylic acids is 1. The molecular weight excluding hydrogens is 404 g/mol. The SMILES string of the molecule is Cc1nc2ncnn2c(C)c1CCC(=O)N1C[C@@H](Cc2ccnc3ccccc23)[C@@H](O)C1. The van der Waals surface area contributed by atoms with Crippen molar-refractivity contribution in [1.82, 2.24) is 29.5 Å². The molecule has 1 fully saturated rings. The summed E-state index contributed by atoms with van der Waals surface area (Å²) in [6.45, 7) is 4.86. The van der Waals surface area contributed by atoms with Crippen molar-refractivity contribution in [2.75, 3.05) is 13.1 Å². The maximum atomic E-state index is 13.0. The maximum Gasteiger partial charge on any atom is 0.252 e. The number of amides is 1. The number of aliphatic hydroxyl groups is 1. The van der Waals surface area contributed by atoms with Gasteiger partial charge in [-0.05, 0) is 49.9 Å². The number of carbonyl (C=O) groups is 1. The normalized spacial score (nSPS) is 18.7. The second-order valence-corrected chi connectivity index (χ2v) is 8.55. The van der Waals surface area contributed by atoms with Crippen molar-refractivity contribution in [2.45, 2.75) is 39.2 Å². The van der Waals surface area contributed by atoms with Gasteiger partial charge < -0.3 is 10.0 Å². The number of β-amino-alcohol motifs (C(OH)–C–C–N with tert-alkyl or cyclic N) is 1. The number of aromatic nitrogens is 5. The number of rotatable bonds is 5. The number of likely N-dealkylation sites (tertiary alicyclic amines) is 1. The van der Waals surface area contributed by atoms with Crippen molar-refractivity contribution < 1.29 is 9.90 Å². The Morgan fingerprint density at radius 2 is 2.00 bits per heavy atom. The number of aryl methyl sites for hydroxylation is 2. The predicted octanol–water partition coefficient (Wildman–Crippen LogP) is 2.28. The number of pyridine rings is 1. The minimum atomic E-state index is -0.525. The molecule has 1 aromatic carbocycles. The topological polar surface area (TPSA) is 96.5 Å². The highest BCUT2D eigenvalue weighted by molar-refractivity contribution is 5.82. The zero-order valence-corrected chi connectivity index (χ0v) is 18.3. The molecule has 3 aromatic heterocycles. The number of benzene rings is 1. The van der Waals surface area contributed by atoms with Gasteiger partial charge in [0, 0.05) is 48.4 Å². The first kappa shape index (κ1) is 20.5. The van der Waals surface area contributed by atoms with Gasteiger partial charge in [-0.3, -0.25) is 9.78 Å². The molecule has 4 heterocycles. The molecule has 1 amide bonds. The monoisotopic (exact) mass is 430 g/mol. The van der Waals surface area contributed by atoms with Crippen molar-refractivity contribution in [1.29, 1.82) is 0 Å². The van der Waals surface area contributed by atoms with Gasteiger partial charge in [-0.1, -0.05) is 18.2 Å². The number of nitrogens with zero attached hydrogens (tertiary/aromatic N) is 6. The van der Waals surface area contributed by atoms with Crippen molar-refractivity contribution in [3.63, 3.8) is 0 Å². The van der Waals surface area contributed by atoms with Crippen LogP contribution in [0.4, 0.5) is 0 Å². The van der Waals surface area contributed by atoms with E-state index in [4.69, 9.17) is 0 Å². The molecule has 1 saturated heterocycles. The number of hydrogen-bond acceptors (Lipinski definition) is 6. The highest BCUT2D eigenvalue weighted by atomic mass is 16.3. The van der Waals surface area contributed by atoms with Gasteiger partial charge in [0.2, 0.25) is 5.91 Å². The summed E-state index contributed by atoms with van der Waals surface area (Å²) in [6, 6.07) is 10.0. The number of aliphatic hydroxyl groups excluding tert-OH is 1. The Balaban J connectivity index is 1.26. The van der Waals surface area contributed by atoms with Crippen molar-refractivity contribution in [2.24, 2.45) is 5.92 Å². The Morgan fingerprint density at radius 1 is 1.16 bits per heavy atom. The predicted molar refractivity (Wildman–Crippen MR) is 120 cm³/mol. The van der Waals surface area contributed by atoms with Crippen LogP contribution < -0.4 is 0 Å². The van der Waals surface area contributed by atoms with Gasteiger partial charge >= 0.3 is 0 Å². The lowest BCUT2D eigenvalue weighted by Gasteiger charge is -2.17. The van der Waals surface area contributed by atoms with Crippen LogP contribution in [0, 0.1) is 19.8 Å². The summed E-state index contributed by atoms with van der Waals surface area (Å²) in [5, 5.41) is 16.0. The molecule has 32 heavy (non-hydrogen) atoms. The maximum absolute atomic E-state index is 13.0. The zero-order valence-electron chi connectivity index (χ0n) is 18.3. The molecule has 0 unspecified atom stereocenters. The lowest BCUT2D eigenvalue weighted by atomic mass is 9.94. The number of para-hydroxylation sites is 1. The fourth-order valence-corrected chi connectivity index (χ4v) is 4.78.